The summed E-state index contributed by atoms with van der Waals surface area (Å²) >= 11 is 5.45. The molecule has 3 nitrogen and oxygen atoms in total. The van der Waals surface area contributed by atoms with Crippen LogP contribution in [0.2, 0.25) is 0 Å². The summed E-state index contributed by atoms with van der Waals surface area (Å²) in [5, 5.41) is 2.75. The van der Waals surface area contributed by atoms with Gasteiger partial charge in [-0.3, -0.25) is 4.79 Å². The van der Waals surface area contributed by atoms with E-state index in [1.54, 1.807) is 12.1 Å². The second-order valence-electron chi connectivity index (χ2n) is 3.06. The van der Waals surface area contributed by atoms with Crippen molar-refractivity contribution in [2.75, 3.05) is 16.9 Å². The van der Waals surface area contributed by atoms with Crippen molar-refractivity contribution in [2.45, 2.75) is 13.3 Å². The van der Waals surface area contributed by atoms with Crippen LogP contribution in [0.3, 0.4) is 0 Å². The topological polar surface area (TPSA) is 55.1 Å². The predicted octanol–water partition coefficient (Wildman–Crippen LogP) is 2.14. The average Bonchev–Trinajstić information content (AvgIpc) is 2.12. The Hall–Kier alpha value is -1.22. The lowest BCUT2D eigenvalue weighted by atomic mass is 10.2. The highest BCUT2D eigenvalue weighted by atomic mass is 35.5. The van der Waals surface area contributed by atoms with E-state index in [2.05, 4.69) is 5.32 Å². The van der Waals surface area contributed by atoms with Crippen molar-refractivity contribution in [1.82, 2.24) is 0 Å². The number of halogens is 1. The zero-order valence-corrected chi connectivity index (χ0v) is 8.77. The first-order valence-corrected chi connectivity index (χ1v) is 4.89. The molecule has 1 amide bonds. The van der Waals surface area contributed by atoms with Gasteiger partial charge in [-0.2, -0.15) is 0 Å². The summed E-state index contributed by atoms with van der Waals surface area (Å²) in [5.74, 6) is 0.237. The van der Waals surface area contributed by atoms with Crippen LogP contribution < -0.4 is 11.1 Å². The number of hydrogen-bond donors (Lipinski definition) is 2. The van der Waals surface area contributed by atoms with Gasteiger partial charge >= 0.3 is 0 Å². The average molecular weight is 213 g/mol. The number of nitrogens with two attached hydrogens (primary N) is 1. The molecule has 0 fully saturated rings. The van der Waals surface area contributed by atoms with E-state index in [0.717, 1.165) is 11.3 Å². The third kappa shape index (κ3) is 2.92. The SMILES string of the molecule is Cc1ccc(N)cc1NC(=O)CCCl. The van der Waals surface area contributed by atoms with Crippen LogP contribution in [0.25, 0.3) is 0 Å². The molecule has 4 heteroatoms. The van der Waals surface area contributed by atoms with E-state index in [-0.39, 0.29) is 5.91 Å². The van der Waals surface area contributed by atoms with Gasteiger partial charge in [0.15, 0.2) is 0 Å². The molecule has 0 aliphatic heterocycles. The van der Waals surface area contributed by atoms with Crippen LogP contribution in [-0.4, -0.2) is 11.8 Å². The summed E-state index contributed by atoms with van der Waals surface area (Å²) in [6.45, 7) is 1.91. The van der Waals surface area contributed by atoms with Gasteiger partial charge in [-0.25, -0.2) is 0 Å². The number of alkyl halides is 1. The van der Waals surface area contributed by atoms with Crippen molar-refractivity contribution >= 4 is 28.9 Å². The number of rotatable bonds is 3. The monoisotopic (exact) mass is 212 g/mol. The number of aryl methyl sites for hydroxylation is 1. The van der Waals surface area contributed by atoms with Gasteiger partial charge in [-0.1, -0.05) is 6.07 Å². The van der Waals surface area contributed by atoms with E-state index in [9.17, 15) is 4.79 Å². The quantitative estimate of drug-likeness (QED) is 0.596. The van der Waals surface area contributed by atoms with Crippen molar-refractivity contribution in [2.24, 2.45) is 0 Å². The molecular formula is C10H13ClN2O. The highest BCUT2D eigenvalue weighted by Gasteiger charge is 2.03. The van der Waals surface area contributed by atoms with Crippen LogP contribution in [0.5, 0.6) is 0 Å². The fraction of sp³-hybridized carbons (Fsp3) is 0.300. The number of carbonyl (C=O) groups is 1. The Morgan fingerprint density at radius 1 is 1.57 bits per heavy atom. The Labute approximate surface area is 88.2 Å². The van der Waals surface area contributed by atoms with Crippen molar-refractivity contribution in [3.63, 3.8) is 0 Å². The zero-order valence-electron chi connectivity index (χ0n) is 8.01. The summed E-state index contributed by atoms with van der Waals surface area (Å²) in [7, 11) is 0. The summed E-state index contributed by atoms with van der Waals surface area (Å²) in [6, 6.07) is 5.40. The van der Waals surface area contributed by atoms with Crippen LogP contribution in [0, 0.1) is 6.92 Å². The Morgan fingerprint density at radius 2 is 2.29 bits per heavy atom. The molecule has 0 aliphatic carbocycles. The number of hydrogen-bond acceptors (Lipinski definition) is 2. The molecule has 0 bridgehead atoms. The van der Waals surface area contributed by atoms with Gasteiger partial charge in [0.05, 0.1) is 0 Å². The highest BCUT2D eigenvalue weighted by Crippen LogP contribution is 2.18. The second kappa shape index (κ2) is 4.86. The van der Waals surface area contributed by atoms with Gasteiger partial charge in [0.2, 0.25) is 5.91 Å². The molecule has 0 aliphatic rings. The van der Waals surface area contributed by atoms with E-state index in [1.807, 2.05) is 13.0 Å². The number of nitrogens with one attached hydrogen (secondary N) is 1. The molecule has 0 saturated carbocycles. The first-order valence-electron chi connectivity index (χ1n) is 4.35. The Balaban J connectivity index is 2.75. The molecule has 0 spiro atoms. The van der Waals surface area contributed by atoms with Gasteiger partial charge in [0.25, 0.3) is 0 Å². The van der Waals surface area contributed by atoms with E-state index in [1.165, 1.54) is 0 Å². The van der Waals surface area contributed by atoms with Gasteiger partial charge in [0, 0.05) is 23.7 Å². The van der Waals surface area contributed by atoms with E-state index in [0.29, 0.717) is 18.0 Å². The largest absolute Gasteiger partial charge is 0.399 e. The van der Waals surface area contributed by atoms with Crippen molar-refractivity contribution in [3.05, 3.63) is 23.8 Å². The molecule has 0 saturated heterocycles. The maximum Gasteiger partial charge on any atom is 0.225 e. The fourth-order valence-electron chi connectivity index (χ4n) is 1.07. The third-order valence-corrected chi connectivity index (χ3v) is 2.05. The molecular weight excluding hydrogens is 200 g/mol. The van der Waals surface area contributed by atoms with Crippen LogP contribution in [0.4, 0.5) is 11.4 Å². The Bertz CT molecular complexity index is 339. The number of amides is 1. The Kier molecular flexibility index (Phi) is 3.77. The molecule has 0 aromatic heterocycles. The molecule has 0 radical (unpaired) electrons. The molecule has 1 aromatic carbocycles. The lowest BCUT2D eigenvalue weighted by Crippen LogP contribution is -2.12. The minimum Gasteiger partial charge on any atom is -0.399 e. The molecule has 3 N–H and O–H groups in total. The molecule has 0 unspecified atom stereocenters. The van der Waals surface area contributed by atoms with E-state index >= 15 is 0 Å². The van der Waals surface area contributed by atoms with Crippen molar-refractivity contribution < 1.29 is 4.79 Å². The lowest BCUT2D eigenvalue weighted by molar-refractivity contribution is -0.115. The molecule has 76 valence electrons. The van der Waals surface area contributed by atoms with Crippen LogP contribution in [0.15, 0.2) is 18.2 Å². The van der Waals surface area contributed by atoms with Crippen molar-refractivity contribution in [1.29, 1.82) is 0 Å². The molecule has 1 rings (SSSR count). The van der Waals surface area contributed by atoms with Gasteiger partial charge in [-0.05, 0) is 24.6 Å². The minimum absolute atomic E-state index is 0.0892. The van der Waals surface area contributed by atoms with Gasteiger partial charge in [0.1, 0.15) is 0 Å². The van der Waals surface area contributed by atoms with Crippen LogP contribution >= 0.6 is 11.6 Å². The third-order valence-electron chi connectivity index (χ3n) is 1.86. The summed E-state index contributed by atoms with van der Waals surface area (Å²) in [5.41, 5.74) is 7.97. The second-order valence-corrected chi connectivity index (χ2v) is 3.44. The van der Waals surface area contributed by atoms with Crippen LogP contribution in [0.1, 0.15) is 12.0 Å². The minimum atomic E-state index is -0.0892. The number of carbonyl (C=O) groups excluding carboxylic acids is 1. The first-order chi connectivity index (χ1) is 6.63. The number of nitrogen functional groups attached to an aromatic ring is 1. The van der Waals surface area contributed by atoms with E-state index < -0.39 is 0 Å². The van der Waals surface area contributed by atoms with Gasteiger partial charge in [-0.15, -0.1) is 11.6 Å². The van der Waals surface area contributed by atoms with Gasteiger partial charge < -0.3 is 11.1 Å². The molecule has 1 aromatic rings. The number of anilines is 2. The maximum atomic E-state index is 11.2. The summed E-state index contributed by atoms with van der Waals surface area (Å²) in [4.78, 5) is 11.2. The first kappa shape index (κ1) is 10.9. The van der Waals surface area contributed by atoms with Crippen molar-refractivity contribution in [3.8, 4) is 0 Å². The van der Waals surface area contributed by atoms with Crippen LogP contribution in [-0.2, 0) is 4.79 Å². The summed E-state index contributed by atoms with van der Waals surface area (Å²) in [6.07, 6.45) is 0.315. The zero-order chi connectivity index (χ0) is 10.6. The molecule has 0 heterocycles. The predicted molar refractivity (Wildman–Crippen MR) is 59.6 cm³/mol. The standard InChI is InChI=1S/C10H13ClN2O/c1-7-2-3-8(12)6-9(7)13-10(14)4-5-11/h2-3,6H,4-5,12H2,1H3,(H,13,14). The number of benzene rings is 1. The molecule has 14 heavy (non-hydrogen) atoms. The molecule has 0 atom stereocenters. The van der Waals surface area contributed by atoms with E-state index in [4.69, 9.17) is 17.3 Å². The highest BCUT2D eigenvalue weighted by molar-refractivity contribution is 6.19. The normalized spacial score (nSPS) is 9.86. The Morgan fingerprint density at radius 3 is 2.93 bits per heavy atom. The maximum absolute atomic E-state index is 11.2. The lowest BCUT2D eigenvalue weighted by Gasteiger charge is -2.08. The summed E-state index contributed by atoms with van der Waals surface area (Å²) < 4.78 is 0. The smallest absolute Gasteiger partial charge is 0.225 e. The fourth-order valence-corrected chi connectivity index (χ4v) is 1.24.